The van der Waals surface area contributed by atoms with E-state index in [1.807, 2.05) is 0 Å². The summed E-state index contributed by atoms with van der Waals surface area (Å²) in [6.07, 6.45) is 1.08. The Morgan fingerprint density at radius 2 is 1.62 bits per heavy atom. The fourth-order valence-corrected chi connectivity index (χ4v) is 3.61. The summed E-state index contributed by atoms with van der Waals surface area (Å²) in [5, 5.41) is 0. The highest BCUT2D eigenvalue weighted by Gasteiger charge is 2.52. The molecule has 1 unspecified atom stereocenters. The number of carbonyl (C=O) groups is 1. The number of carbonyl (C=O) groups excluding carboxylic acids is 1. The molecule has 24 heavy (non-hydrogen) atoms. The first-order valence-corrected chi connectivity index (χ1v) is 9.26. The third-order valence-corrected chi connectivity index (χ3v) is 6.00. The van der Waals surface area contributed by atoms with Crippen LogP contribution in [-0.4, -0.2) is 34.7 Å². The molecule has 1 fully saturated rings. The molecule has 1 aliphatic heterocycles. The second-order valence-electron chi connectivity index (χ2n) is 6.81. The fourth-order valence-electron chi connectivity index (χ4n) is 2.28. The summed E-state index contributed by atoms with van der Waals surface area (Å²) in [5.41, 5.74) is -1.55. The maximum absolute atomic E-state index is 14.5. The van der Waals surface area contributed by atoms with Crippen LogP contribution >= 0.6 is 0 Å². The summed E-state index contributed by atoms with van der Waals surface area (Å²) in [6.45, 7) is 8.26. The van der Waals surface area contributed by atoms with Crippen molar-refractivity contribution in [3.63, 3.8) is 0 Å². The Bertz CT molecular complexity index is 800. The molecule has 1 heterocycles. The minimum absolute atomic E-state index is 0.132. The van der Waals surface area contributed by atoms with E-state index in [1.165, 1.54) is 0 Å². The average molecular weight is 359 g/mol. The molecular weight excluding hydrogens is 339 g/mol. The number of amides is 1. The average Bonchev–Trinajstić information content (AvgIpc) is 2.59. The molecule has 1 aromatic rings. The van der Waals surface area contributed by atoms with Gasteiger partial charge in [-0.3, -0.25) is 4.79 Å². The molecule has 1 atom stereocenters. The molecule has 2 rings (SSSR count). The van der Waals surface area contributed by atoms with Crippen molar-refractivity contribution in [1.82, 2.24) is 0 Å². The third kappa shape index (κ3) is 3.38. The van der Waals surface area contributed by atoms with Gasteiger partial charge >= 0.3 is 7.12 Å². The van der Waals surface area contributed by atoms with Crippen LogP contribution in [0.4, 0.5) is 8.78 Å². The lowest BCUT2D eigenvalue weighted by Crippen LogP contribution is -2.41. The Morgan fingerprint density at radius 3 is 2.08 bits per heavy atom. The molecule has 5 nitrogen and oxygen atoms in total. The van der Waals surface area contributed by atoms with Crippen LogP contribution in [0.2, 0.25) is 0 Å². The standard InChI is InChI=1S/C15H20BF2NO4S/c1-9(20)19-24(6,21)13-8-11(17)10(7-12(13)18)16-22-14(2,3)15(4,5)23-16/h7-8H,1-6H3. The lowest BCUT2D eigenvalue weighted by atomic mass is 9.78. The highest BCUT2D eigenvalue weighted by Crippen LogP contribution is 2.36. The van der Waals surface area contributed by atoms with E-state index in [9.17, 15) is 17.8 Å². The molecule has 0 radical (unpaired) electrons. The van der Waals surface area contributed by atoms with Gasteiger partial charge in [0.15, 0.2) is 0 Å². The fraction of sp³-hybridized carbons (Fsp3) is 0.533. The van der Waals surface area contributed by atoms with Gasteiger partial charge in [0.05, 0.1) is 25.8 Å². The molecule has 1 aromatic carbocycles. The van der Waals surface area contributed by atoms with Gasteiger partial charge in [-0.2, -0.15) is 4.36 Å². The first-order chi connectivity index (χ1) is 10.8. The zero-order valence-corrected chi connectivity index (χ0v) is 15.3. The van der Waals surface area contributed by atoms with E-state index in [-0.39, 0.29) is 5.46 Å². The van der Waals surface area contributed by atoms with Crippen LogP contribution in [0.15, 0.2) is 21.4 Å². The molecule has 0 aliphatic carbocycles. The first kappa shape index (κ1) is 19.0. The van der Waals surface area contributed by atoms with Crippen molar-refractivity contribution in [3.8, 4) is 0 Å². The first-order valence-electron chi connectivity index (χ1n) is 7.34. The Morgan fingerprint density at radius 1 is 1.12 bits per heavy atom. The predicted octanol–water partition coefficient (Wildman–Crippen LogP) is 2.27. The molecule has 0 saturated carbocycles. The topological polar surface area (TPSA) is 65.0 Å². The van der Waals surface area contributed by atoms with Gasteiger partial charge in [0.25, 0.3) is 5.91 Å². The summed E-state index contributed by atoms with van der Waals surface area (Å²) >= 11 is 0. The lowest BCUT2D eigenvalue weighted by molar-refractivity contribution is -0.115. The van der Waals surface area contributed by atoms with Gasteiger partial charge in [-0.15, -0.1) is 0 Å². The molecule has 0 aromatic heterocycles. The second kappa shape index (κ2) is 5.89. The van der Waals surface area contributed by atoms with Crippen LogP contribution < -0.4 is 5.46 Å². The van der Waals surface area contributed by atoms with Gasteiger partial charge < -0.3 is 9.31 Å². The summed E-state index contributed by atoms with van der Waals surface area (Å²) in [4.78, 5) is 10.6. The molecule has 132 valence electrons. The monoisotopic (exact) mass is 359 g/mol. The number of hydrogen-bond acceptors (Lipinski definition) is 4. The second-order valence-corrected chi connectivity index (χ2v) is 9.03. The predicted molar refractivity (Wildman–Crippen MR) is 87.5 cm³/mol. The van der Waals surface area contributed by atoms with Crippen LogP contribution in [0.1, 0.15) is 34.6 Å². The van der Waals surface area contributed by atoms with E-state index in [4.69, 9.17) is 9.31 Å². The normalized spacial score (nSPS) is 21.4. The molecule has 0 bridgehead atoms. The van der Waals surface area contributed by atoms with Crippen molar-refractivity contribution in [1.29, 1.82) is 0 Å². The van der Waals surface area contributed by atoms with E-state index < -0.39 is 50.5 Å². The maximum atomic E-state index is 14.5. The Hall–Kier alpha value is -1.32. The van der Waals surface area contributed by atoms with E-state index >= 15 is 0 Å². The third-order valence-electron chi connectivity index (χ3n) is 4.27. The molecular formula is C15H20BF2NO4S. The molecule has 1 amide bonds. The molecule has 9 heteroatoms. The number of nitrogens with zero attached hydrogens (tertiary/aromatic N) is 1. The van der Waals surface area contributed by atoms with E-state index in [0.717, 1.165) is 25.3 Å². The molecule has 0 spiro atoms. The molecule has 0 N–H and O–H groups in total. The van der Waals surface area contributed by atoms with Crippen molar-refractivity contribution in [2.75, 3.05) is 6.26 Å². The molecule has 1 aliphatic rings. The minimum atomic E-state index is -3.37. The van der Waals surface area contributed by atoms with E-state index in [1.54, 1.807) is 27.7 Å². The molecule has 1 saturated heterocycles. The van der Waals surface area contributed by atoms with Crippen molar-refractivity contribution in [3.05, 3.63) is 23.8 Å². The zero-order valence-electron chi connectivity index (χ0n) is 14.5. The van der Waals surface area contributed by atoms with Gasteiger partial charge in [0, 0.05) is 18.6 Å². The van der Waals surface area contributed by atoms with Crippen LogP contribution in [0, 0.1) is 11.6 Å². The van der Waals surface area contributed by atoms with Crippen molar-refractivity contribution >= 4 is 28.2 Å². The van der Waals surface area contributed by atoms with E-state index in [2.05, 4.69) is 4.36 Å². The SMILES string of the molecule is CC(=O)N=S(C)(=O)c1cc(F)c(B2OC(C)(C)C(C)(C)O2)cc1F. The van der Waals surface area contributed by atoms with Crippen LogP contribution in [0.5, 0.6) is 0 Å². The highest BCUT2D eigenvalue weighted by molar-refractivity contribution is 7.93. The van der Waals surface area contributed by atoms with E-state index in [0.29, 0.717) is 0 Å². The smallest absolute Gasteiger partial charge is 0.399 e. The summed E-state index contributed by atoms with van der Waals surface area (Å²) in [5.74, 6) is -2.49. The number of hydrogen-bond donors (Lipinski definition) is 0. The van der Waals surface area contributed by atoms with Gasteiger partial charge in [-0.05, 0) is 39.8 Å². The van der Waals surface area contributed by atoms with Crippen molar-refractivity contribution in [2.45, 2.75) is 50.7 Å². The largest absolute Gasteiger partial charge is 0.497 e. The number of halogens is 2. The van der Waals surface area contributed by atoms with Crippen molar-refractivity contribution in [2.24, 2.45) is 4.36 Å². The summed E-state index contributed by atoms with van der Waals surface area (Å²) in [6, 6.07) is 1.66. The highest BCUT2D eigenvalue weighted by atomic mass is 32.2. The zero-order chi connectivity index (χ0) is 18.5. The quantitative estimate of drug-likeness (QED) is 0.760. The van der Waals surface area contributed by atoms with Crippen LogP contribution in [-0.2, 0) is 23.8 Å². The van der Waals surface area contributed by atoms with Gasteiger partial charge in [0.1, 0.15) is 11.6 Å². The number of rotatable bonds is 2. The lowest BCUT2D eigenvalue weighted by Gasteiger charge is -2.32. The Kier molecular flexibility index (Phi) is 4.67. The summed E-state index contributed by atoms with van der Waals surface area (Å²) < 4.78 is 56.0. The Balaban J connectivity index is 2.50. The minimum Gasteiger partial charge on any atom is -0.399 e. The van der Waals surface area contributed by atoms with Crippen LogP contribution in [0.25, 0.3) is 0 Å². The van der Waals surface area contributed by atoms with Gasteiger partial charge in [0.2, 0.25) is 0 Å². The Labute approximate surface area is 141 Å². The number of benzene rings is 1. The van der Waals surface area contributed by atoms with Crippen molar-refractivity contribution < 1.29 is 27.1 Å². The maximum Gasteiger partial charge on any atom is 0.497 e. The van der Waals surface area contributed by atoms with Gasteiger partial charge in [-0.25, -0.2) is 13.0 Å². The summed E-state index contributed by atoms with van der Waals surface area (Å²) in [7, 11) is -4.46. The van der Waals surface area contributed by atoms with Crippen LogP contribution in [0.3, 0.4) is 0 Å². The van der Waals surface area contributed by atoms with Gasteiger partial charge in [-0.1, -0.05) is 0 Å².